The Balaban J connectivity index is 3.10. The molecule has 0 unspecified atom stereocenters. The maximum absolute atomic E-state index is 10.6. The number of hydrogen-bond donors (Lipinski definition) is 0. The minimum absolute atomic E-state index is 0.00757. The highest BCUT2D eigenvalue weighted by Crippen LogP contribution is 2.30. The van der Waals surface area contributed by atoms with Gasteiger partial charge in [-0.1, -0.05) is 23.2 Å². The van der Waals surface area contributed by atoms with Gasteiger partial charge < -0.3 is 4.74 Å². The van der Waals surface area contributed by atoms with E-state index in [0.717, 1.165) is 0 Å². The minimum Gasteiger partial charge on any atom is -0.489 e. The molecule has 76 valence electrons. The first kappa shape index (κ1) is 11.3. The zero-order chi connectivity index (χ0) is 10.7. The highest BCUT2D eigenvalue weighted by Gasteiger charge is 2.08. The van der Waals surface area contributed by atoms with Crippen molar-refractivity contribution in [2.75, 3.05) is 0 Å². The third-order valence-corrected chi connectivity index (χ3v) is 2.16. The van der Waals surface area contributed by atoms with Crippen LogP contribution in [0.2, 0.25) is 10.0 Å². The molecule has 0 aliphatic carbocycles. The van der Waals surface area contributed by atoms with E-state index in [2.05, 4.69) is 0 Å². The lowest BCUT2D eigenvalue weighted by Crippen LogP contribution is -2.06. The van der Waals surface area contributed by atoms with Crippen LogP contribution in [0.25, 0.3) is 0 Å². The predicted molar refractivity (Wildman–Crippen MR) is 57.6 cm³/mol. The van der Waals surface area contributed by atoms with Gasteiger partial charge in [-0.25, -0.2) is 0 Å². The molecule has 1 aromatic rings. The number of rotatable bonds is 3. The van der Waals surface area contributed by atoms with Crippen LogP contribution in [0.4, 0.5) is 0 Å². The third kappa shape index (κ3) is 2.63. The summed E-state index contributed by atoms with van der Waals surface area (Å²) < 4.78 is 5.39. The highest BCUT2D eigenvalue weighted by atomic mass is 35.5. The first-order valence-corrected chi connectivity index (χ1v) is 4.91. The molecule has 0 aromatic heterocycles. The summed E-state index contributed by atoms with van der Waals surface area (Å²) in [5, 5.41) is 0.746. The standard InChI is InChI=1S/C10H10Cl2O2/c1-6(2)14-10-3-7(5-13)8(11)4-9(10)12/h3-6H,1-2H3. The molecule has 0 saturated carbocycles. The number of carbonyl (C=O) groups is 1. The van der Waals surface area contributed by atoms with Gasteiger partial charge in [0.15, 0.2) is 6.29 Å². The van der Waals surface area contributed by atoms with Gasteiger partial charge in [-0.3, -0.25) is 4.79 Å². The summed E-state index contributed by atoms with van der Waals surface area (Å²) in [5.41, 5.74) is 0.381. The molecule has 1 rings (SSSR count). The summed E-state index contributed by atoms with van der Waals surface area (Å²) in [6.07, 6.45) is 0.680. The maximum Gasteiger partial charge on any atom is 0.151 e. The van der Waals surface area contributed by atoms with E-state index in [1.165, 1.54) is 12.1 Å². The number of carbonyl (C=O) groups excluding carboxylic acids is 1. The van der Waals surface area contributed by atoms with E-state index in [-0.39, 0.29) is 6.10 Å². The predicted octanol–water partition coefficient (Wildman–Crippen LogP) is 3.59. The van der Waals surface area contributed by atoms with E-state index in [1.54, 1.807) is 0 Å². The average Bonchev–Trinajstić information content (AvgIpc) is 2.09. The van der Waals surface area contributed by atoms with E-state index in [0.29, 0.717) is 27.6 Å². The first-order valence-electron chi connectivity index (χ1n) is 4.15. The fraction of sp³-hybridized carbons (Fsp3) is 0.300. The van der Waals surface area contributed by atoms with Crippen LogP contribution in [0.15, 0.2) is 12.1 Å². The molecule has 0 amide bonds. The van der Waals surface area contributed by atoms with Crippen LogP contribution < -0.4 is 4.74 Å². The molecule has 0 bridgehead atoms. The fourth-order valence-corrected chi connectivity index (χ4v) is 1.45. The lowest BCUT2D eigenvalue weighted by molar-refractivity contribution is 0.112. The molecule has 0 heterocycles. The second kappa shape index (κ2) is 4.67. The van der Waals surface area contributed by atoms with E-state index in [9.17, 15) is 4.79 Å². The quantitative estimate of drug-likeness (QED) is 0.745. The molecule has 14 heavy (non-hydrogen) atoms. The topological polar surface area (TPSA) is 26.3 Å². The van der Waals surface area contributed by atoms with Gasteiger partial charge in [0.1, 0.15) is 5.75 Å². The smallest absolute Gasteiger partial charge is 0.151 e. The van der Waals surface area contributed by atoms with E-state index in [4.69, 9.17) is 27.9 Å². The van der Waals surface area contributed by atoms with Crippen LogP contribution in [-0.4, -0.2) is 12.4 Å². The molecule has 2 nitrogen and oxygen atoms in total. The Morgan fingerprint density at radius 3 is 2.43 bits per heavy atom. The van der Waals surface area contributed by atoms with Crippen molar-refractivity contribution < 1.29 is 9.53 Å². The van der Waals surface area contributed by atoms with Gasteiger partial charge in [0.25, 0.3) is 0 Å². The van der Waals surface area contributed by atoms with Gasteiger partial charge in [-0.2, -0.15) is 0 Å². The molecule has 0 aliphatic heterocycles. The van der Waals surface area contributed by atoms with Gasteiger partial charge in [0.05, 0.1) is 16.1 Å². The van der Waals surface area contributed by atoms with Crippen LogP contribution in [0.3, 0.4) is 0 Å². The lowest BCUT2D eigenvalue weighted by Gasteiger charge is -2.12. The Morgan fingerprint density at radius 2 is 1.93 bits per heavy atom. The van der Waals surface area contributed by atoms with Crippen LogP contribution in [-0.2, 0) is 0 Å². The molecule has 0 aliphatic rings. The number of ether oxygens (including phenoxy) is 1. The molecule has 0 atom stereocenters. The monoisotopic (exact) mass is 232 g/mol. The average molecular weight is 233 g/mol. The van der Waals surface area contributed by atoms with Gasteiger partial charge in [0.2, 0.25) is 0 Å². The maximum atomic E-state index is 10.6. The van der Waals surface area contributed by atoms with Gasteiger partial charge in [-0.05, 0) is 26.0 Å². The van der Waals surface area contributed by atoms with Crippen LogP contribution in [0, 0.1) is 0 Å². The van der Waals surface area contributed by atoms with Crippen molar-refractivity contribution in [1.29, 1.82) is 0 Å². The fourth-order valence-electron chi connectivity index (χ4n) is 0.979. The molecule has 1 aromatic carbocycles. The summed E-state index contributed by atoms with van der Waals surface area (Å²) in [6.45, 7) is 3.76. The van der Waals surface area contributed by atoms with Crippen molar-refractivity contribution in [3.05, 3.63) is 27.7 Å². The van der Waals surface area contributed by atoms with E-state index in [1.807, 2.05) is 13.8 Å². The van der Waals surface area contributed by atoms with Crippen molar-refractivity contribution in [2.24, 2.45) is 0 Å². The van der Waals surface area contributed by atoms with Crippen molar-refractivity contribution in [3.8, 4) is 5.75 Å². The number of aldehydes is 1. The largest absolute Gasteiger partial charge is 0.489 e. The zero-order valence-corrected chi connectivity index (χ0v) is 9.39. The molecule has 0 fully saturated rings. The minimum atomic E-state index is 0.00757. The van der Waals surface area contributed by atoms with Crippen molar-refractivity contribution >= 4 is 29.5 Å². The summed E-state index contributed by atoms with van der Waals surface area (Å²) in [5.74, 6) is 0.480. The van der Waals surface area contributed by atoms with Gasteiger partial charge in [-0.15, -0.1) is 0 Å². The summed E-state index contributed by atoms with van der Waals surface area (Å²) >= 11 is 11.6. The van der Waals surface area contributed by atoms with Crippen molar-refractivity contribution in [1.82, 2.24) is 0 Å². The summed E-state index contributed by atoms with van der Waals surface area (Å²) in [6, 6.07) is 3.04. The zero-order valence-electron chi connectivity index (χ0n) is 7.88. The summed E-state index contributed by atoms with van der Waals surface area (Å²) in [7, 11) is 0. The Hall–Kier alpha value is -0.730. The molecular formula is C10H10Cl2O2. The van der Waals surface area contributed by atoms with E-state index >= 15 is 0 Å². The molecule has 0 saturated heterocycles. The van der Waals surface area contributed by atoms with Crippen molar-refractivity contribution in [3.63, 3.8) is 0 Å². The second-order valence-electron chi connectivity index (χ2n) is 3.09. The Labute approximate surface area is 92.8 Å². The number of hydrogen-bond acceptors (Lipinski definition) is 2. The highest BCUT2D eigenvalue weighted by molar-refractivity contribution is 6.37. The Bertz CT molecular complexity index is 348. The Kier molecular flexibility index (Phi) is 3.78. The number of benzene rings is 1. The molecule has 0 N–H and O–H groups in total. The summed E-state index contributed by atoms with van der Waals surface area (Å²) in [4.78, 5) is 10.6. The first-order chi connectivity index (χ1) is 6.54. The van der Waals surface area contributed by atoms with Crippen LogP contribution in [0.5, 0.6) is 5.75 Å². The molecule has 0 radical (unpaired) electrons. The molecular weight excluding hydrogens is 223 g/mol. The van der Waals surface area contributed by atoms with Gasteiger partial charge in [0, 0.05) is 5.56 Å². The van der Waals surface area contributed by atoms with Crippen LogP contribution >= 0.6 is 23.2 Å². The van der Waals surface area contributed by atoms with Crippen molar-refractivity contribution in [2.45, 2.75) is 20.0 Å². The van der Waals surface area contributed by atoms with Gasteiger partial charge >= 0.3 is 0 Å². The Morgan fingerprint density at radius 1 is 1.29 bits per heavy atom. The lowest BCUT2D eigenvalue weighted by atomic mass is 10.2. The van der Waals surface area contributed by atoms with Crippen LogP contribution in [0.1, 0.15) is 24.2 Å². The number of halogens is 2. The third-order valence-electron chi connectivity index (χ3n) is 1.54. The van der Waals surface area contributed by atoms with E-state index < -0.39 is 0 Å². The molecule has 4 heteroatoms. The second-order valence-corrected chi connectivity index (χ2v) is 3.90. The SMILES string of the molecule is CC(C)Oc1cc(C=O)c(Cl)cc1Cl. The normalized spacial score (nSPS) is 10.4. The molecule has 0 spiro atoms.